The van der Waals surface area contributed by atoms with E-state index < -0.39 is 5.97 Å². The minimum Gasteiger partial charge on any atom is -0.478 e. The lowest BCUT2D eigenvalue weighted by Gasteiger charge is -2.26. The molecular weight excluding hydrogens is 292 g/mol. The molecule has 0 radical (unpaired) electrons. The van der Waals surface area contributed by atoms with Crippen molar-refractivity contribution in [2.45, 2.75) is 33.2 Å². The third-order valence-electron chi connectivity index (χ3n) is 3.24. The van der Waals surface area contributed by atoms with E-state index in [-0.39, 0.29) is 22.7 Å². The first-order chi connectivity index (χ1) is 9.72. The molecule has 21 heavy (non-hydrogen) atoms. The van der Waals surface area contributed by atoms with E-state index in [1.807, 2.05) is 6.92 Å². The van der Waals surface area contributed by atoms with Gasteiger partial charge in [0.1, 0.15) is 0 Å². The lowest BCUT2D eigenvalue weighted by atomic mass is 10.0. The Hall–Kier alpha value is -1.75. The number of rotatable bonds is 5. The number of halogens is 1. The molecule has 0 saturated carbocycles. The standard InChI is InChI=1S/C15H21ClN2O3/c1-9(2)7-10(3)18(4)15(21)17-11-5-6-12(14(19)20)13(16)8-11/h5-6,8-10H,7H2,1-4H3,(H,17,21)(H,19,20). The van der Waals surface area contributed by atoms with Crippen molar-refractivity contribution < 1.29 is 14.7 Å². The van der Waals surface area contributed by atoms with Gasteiger partial charge in [0.25, 0.3) is 0 Å². The number of carbonyl (C=O) groups is 2. The molecule has 0 spiro atoms. The number of anilines is 1. The van der Waals surface area contributed by atoms with Crippen LogP contribution in [0.25, 0.3) is 0 Å². The van der Waals surface area contributed by atoms with Crippen LogP contribution in [0.2, 0.25) is 5.02 Å². The summed E-state index contributed by atoms with van der Waals surface area (Å²) in [6, 6.07) is 4.19. The molecule has 0 bridgehead atoms. The Labute approximate surface area is 129 Å². The highest BCUT2D eigenvalue weighted by Gasteiger charge is 2.17. The average Bonchev–Trinajstić information content (AvgIpc) is 2.36. The summed E-state index contributed by atoms with van der Waals surface area (Å²) in [6.45, 7) is 6.19. The van der Waals surface area contributed by atoms with Crippen LogP contribution in [0, 0.1) is 5.92 Å². The molecule has 1 unspecified atom stereocenters. The number of aromatic carboxylic acids is 1. The van der Waals surface area contributed by atoms with Crippen molar-refractivity contribution in [3.05, 3.63) is 28.8 Å². The lowest BCUT2D eigenvalue weighted by molar-refractivity contribution is 0.0697. The lowest BCUT2D eigenvalue weighted by Crippen LogP contribution is -2.38. The van der Waals surface area contributed by atoms with Crippen molar-refractivity contribution in [2.24, 2.45) is 5.92 Å². The van der Waals surface area contributed by atoms with Gasteiger partial charge in [-0.1, -0.05) is 25.4 Å². The third-order valence-corrected chi connectivity index (χ3v) is 3.56. The van der Waals surface area contributed by atoms with E-state index in [1.54, 1.807) is 11.9 Å². The Morgan fingerprint density at radius 1 is 1.33 bits per heavy atom. The molecule has 0 aliphatic carbocycles. The van der Waals surface area contributed by atoms with Gasteiger partial charge in [0.2, 0.25) is 0 Å². The van der Waals surface area contributed by atoms with E-state index in [1.165, 1.54) is 18.2 Å². The van der Waals surface area contributed by atoms with Crippen LogP contribution in [0.5, 0.6) is 0 Å². The molecular formula is C15H21ClN2O3. The van der Waals surface area contributed by atoms with Crippen LogP contribution in [0.3, 0.4) is 0 Å². The molecule has 1 rings (SSSR count). The number of hydrogen-bond acceptors (Lipinski definition) is 2. The van der Waals surface area contributed by atoms with E-state index in [0.717, 1.165) is 6.42 Å². The summed E-state index contributed by atoms with van der Waals surface area (Å²) in [4.78, 5) is 24.6. The second-order valence-electron chi connectivity index (χ2n) is 5.52. The van der Waals surface area contributed by atoms with Gasteiger partial charge in [-0.25, -0.2) is 9.59 Å². The van der Waals surface area contributed by atoms with Gasteiger partial charge in [-0.15, -0.1) is 0 Å². The zero-order chi connectivity index (χ0) is 16.2. The monoisotopic (exact) mass is 312 g/mol. The van der Waals surface area contributed by atoms with Crippen LogP contribution in [0.1, 0.15) is 37.6 Å². The van der Waals surface area contributed by atoms with Gasteiger partial charge in [0.15, 0.2) is 0 Å². The second kappa shape index (κ2) is 7.31. The SMILES string of the molecule is CC(C)CC(C)N(C)C(=O)Nc1ccc(C(=O)O)c(Cl)c1. The third kappa shape index (κ3) is 4.93. The highest BCUT2D eigenvalue weighted by atomic mass is 35.5. The summed E-state index contributed by atoms with van der Waals surface area (Å²) in [7, 11) is 1.73. The van der Waals surface area contributed by atoms with E-state index in [2.05, 4.69) is 19.2 Å². The normalized spacial score (nSPS) is 12.1. The van der Waals surface area contributed by atoms with Gasteiger partial charge >= 0.3 is 12.0 Å². The van der Waals surface area contributed by atoms with Crippen LogP contribution >= 0.6 is 11.6 Å². The van der Waals surface area contributed by atoms with Crippen LogP contribution in [0.15, 0.2) is 18.2 Å². The highest BCUT2D eigenvalue weighted by molar-refractivity contribution is 6.33. The zero-order valence-electron chi connectivity index (χ0n) is 12.7. The van der Waals surface area contributed by atoms with Gasteiger partial charge in [-0.05, 0) is 37.5 Å². The van der Waals surface area contributed by atoms with Crippen LogP contribution in [-0.4, -0.2) is 35.1 Å². The summed E-state index contributed by atoms with van der Waals surface area (Å²) in [6.07, 6.45) is 0.905. The number of nitrogens with zero attached hydrogens (tertiary/aromatic N) is 1. The summed E-state index contributed by atoms with van der Waals surface area (Å²) in [5.74, 6) is -0.597. The number of nitrogens with one attached hydrogen (secondary N) is 1. The molecule has 0 fully saturated rings. The van der Waals surface area contributed by atoms with Crippen molar-refractivity contribution in [3.63, 3.8) is 0 Å². The van der Waals surface area contributed by atoms with Crippen LogP contribution in [0.4, 0.5) is 10.5 Å². The van der Waals surface area contributed by atoms with E-state index >= 15 is 0 Å². The fourth-order valence-electron chi connectivity index (χ4n) is 2.02. The van der Waals surface area contributed by atoms with Crippen molar-refractivity contribution in [2.75, 3.05) is 12.4 Å². The van der Waals surface area contributed by atoms with Gasteiger partial charge in [-0.3, -0.25) is 0 Å². The van der Waals surface area contributed by atoms with Gasteiger partial charge in [0.05, 0.1) is 10.6 Å². The Bertz CT molecular complexity index is 532. The predicted octanol–water partition coefficient (Wildman–Crippen LogP) is 3.94. The molecule has 1 aromatic rings. The maximum absolute atomic E-state index is 12.1. The first-order valence-electron chi connectivity index (χ1n) is 6.79. The zero-order valence-corrected chi connectivity index (χ0v) is 13.4. The minimum atomic E-state index is -1.10. The number of urea groups is 1. The van der Waals surface area contributed by atoms with E-state index in [0.29, 0.717) is 11.6 Å². The fourth-order valence-corrected chi connectivity index (χ4v) is 2.28. The topological polar surface area (TPSA) is 69.6 Å². The molecule has 0 saturated heterocycles. The van der Waals surface area contributed by atoms with Gasteiger partial charge in [-0.2, -0.15) is 0 Å². The number of hydrogen-bond donors (Lipinski definition) is 2. The smallest absolute Gasteiger partial charge is 0.337 e. The number of carboxylic acid groups (broad SMARTS) is 1. The molecule has 0 aliphatic heterocycles. The Balaban J connectivity index is 2.75. The van der Waals surface area contributed by atoms with E-state index in [4.69, 9.17) is 16.7 Å². The van der Waals surface area contributed by atoms with Crippen molar-refractivity contribution >= 4 is 29.3 Å². The van der Waals surface area contributed by atoms with Gasteiger partial charge < -0.3 is 15.3 Å². The fraction of sp³-hybridized carbons (Fsp3) is 0.467. The molecule has 1 aromatic carbocycles. The van der Waals surface area contributed by atoms with Crippen molar-refractivity contribution in [1.82, 2.24) is 4.90 Å². The number of amides is 2. The second-order valence-corrected chi connectivity index (χ2v) is 5.93. The largest absolute Gasteiger partial charge is 0.478 e. The Morgan fingerprint density at radius 3 is 2.43 bits per heavy atom. The predicted molar refractivity (Wildman–Crippen MR) is 84.1 cm³/mol. The summed E-state index contributed by atoms with van der Waals surface area (Å²) < 4.78 is 0. The first kappa shape index (κ1) is 17.3. The molecule has 6 heteroatoms. The molecule has 116 valence electrons. The summed E-state index contributed by atoms with van der Waals surface area (Å²) >= 11 is 5.87. The molecule has 0 heterocycles. The minimum absolute atomic E-state index is 0.0104. The molecule has 2 N–H and O–H groups in total. The molecule has 2 amide bonds. The van der Waals surface area contributed by atoms with Crippen LogP contribution < -0.4 is 5.32 Å². The molecule has 5 nitrogen and oxygen atoms in total. The Morgan fingerprint density at radius 2 is 1.95 bits per heavy atom. The van der Waals surface area contributed by atoms with E-state index in [9.17, 15) is 9.59 Å². The Kier molecular flexibility index (Phi) is 6.03. The molecule has 0 aromatic heterocycles. The summed E-state index contributed by atoms with van der Waals surface area (Å²) in [5.41, 5.74) is 0.481. The average molecular weight is 313 g/mol. The number of carboxylic acids is 1. The van der Waals surface area contributed by atoms with Crippen molar-refractivity contribution in [1.29, 1.82) is 0 Å². The number of carbonyl (C=O) groups excluding carboxylic acids is 1. The maximum atomic E-state index is 12.1. The van der Waals surface area contributed by atoms with Crippen molar-refractivity contribution in [3.8, 4) is 0 Å². The number of benzene rings is 1. The highest BCUT2D eigenvalue weighted by Crippen LogP contribution is 2.21. The summed E-state index contributed by atoms with van der Waals surface area (Å²) in [5, 5.41) is 11.7. The quantitative estimate of drug-likeness (QED) is 0.865. The molecule has 1 atom stereocenters. The molecule has 0 aliphatic rings. The van der Waals surface area contributed by atoms with Crippen LogP contribution in [-0.2, 0) is 0 Å². The first-order valence-corrected chi connectivity index (χ1v) is 7.16. The maximum Gasteiger partial charge on any atom is 0.337 e. The van der Waals surface area contributed by atoms with Gasteiger partial charge in [0, 0.05) is 18.8 Å².